The van der Waals surface area contributed by atoms with Crippen LogP contribution in [0.5, 0.6) is 0 Å². The lowest BCUT2D eigenvalue weighted by molar-refractivity contribution is 0.520. The van der Waals surface area contributed by atoms with Gasteiger partial charge in [-0.25, -0.2) is 0 Å². The van der Waals surface area contributed by atoms with E-state index >= 15 is 0 Å². The zero-order valence-corrected chi connectivity index (χ0v) is 9.36. The summed E-state index contributed by atoms with van der Waals surface area (Å²) >= 11 is 0. The number of allylic oxidation sites excluding steroid dienone is 4. The van der Waals surface area contributed by atoms with E-state index in [-0.39, 0.29) is 0 Å². The highest BCUT2D eigenvalue weighted by Crippen LogP contribution is 2.13. The summed E-state index contributed by atoms with van der Waals surface area (Å²) in [7, 11) is 0. The van der Waals surface area contributed by atoms with Gasteiger partial charge < -0.3 is 4.42 Å². The zero-order chi connectivity index (χ0) is 11.0. The first-order valence-electron chi connectivity index (χ1n) is 5.68. The summed E-state index contributed by atoms with van der Waals surface area (Å²) in [6.45, 7) is 2.15. The second-order valence-corrected chi connectivity index (χ2v) is 4.29. The molecule has 0 saturated carbocycles. The Morgan fingerprint density at radius 1 is 1.12 bits per heavy atom. The minimum atomic E-state index is 0.976. The van der Waals surface area contributed by atoms with E-state index in [4.69, 9.17) is 4.42 Å². The number of furan rings is 1. The van der Waals surface area contributed by atoms with Crippen LogP contribution in [0.1, 0.15) is 31.1 Å². The maximum Gasteiger partial charge on any atom is 0.135 e. The predicted octanol–water partition coefficient (Wildman–Crippen LogP) is 2.62. The van der Waals surface area contributed by atoms with Crippen LogP contribution in [0.4, 0.5) is 0 Å². The molecule has 0 bridgehead atoms. The number of fused-ring (bicyclic) bond motifs is 3. The van der Waals surface area contributed by atoms with Crippen molar-refractivity contribution in [3.05, 3.63) is 45.8 Å². The average molecular weight is 210 g/mol. The molecule has 2 aliphatic carbocycles. The van der Waals surface area contributed by atoms with Gasteiger partial charge in [0.1, 0.15) is 11.2 Å². The molecule has 0 N–H and O–H groups in total. The van der Waals surface area contributed by atoms with Crippen molar-refractivity contribution in [3.63, 3.8) is 0 Å². The summed E-state index contributed by atoms with van der Waals surface area (Å²) in [6, 6.07) is 0. The van der Waals surface area contributed by atoms with E-state index in [0.717, 1.165) is 24.0 Å². The first-order valence-corrected chi connectivity index (χ1v) is 5.68. The first-order chi connectivity index (χ1) is 7.84. The van der Waals surface area contributed by atoms with Crippen molar-refractivity contribution in [2.45, 2.75) is 19.8 Å². The molecule has 0 amide bonds. The summed E-state index contributed by atoms with van der Waals surface area (Å²) in [5.74, 6) is 0.985. The van der Waals surface area contributed by atoms with Crippen LogP contribution in [0, 0.1) is 0 Å². The smallest absolute Gasteiger partial charge is 0.135 e. The quantitative estimate of drug-likeness (QED) is 0.641. The van der Waals surface area contributed by atoms with Gasteiger partial charge in [0.2, 0.25) is 0 Å². The van der Waals surface area contributed by atoms with Crippen LogP contribution < -0.4 is 10.6 Å². The van der Waals surface area contributed by atoms with E-state index in [1.165, 1.54) is 16.4 Å². The van der Waals surface area contributed by atoms with Crippen molar-refractivity contribution in [2.24, 2.45) is 0 Å². The Kier molecular flexibility index (Phi) is 2.17. The minimum Gasteiger partial charge on any atom is -0.456 e. The number of hydrogen-bond donors (Lipinski definition) is 0. The van der Waals surface area contributed by atoms with Crippen LogP contribution in [0.25, 0.3) is 24.3 Å². The molecule has 1 nitrogen and oxygen atoms in total. The maximum absolute atomic E-state index is 5.88. The van der Waals surface area contributed by atoms with Gasteiger partial charge in [-0.2, -0.15) is 0 Å². The lowest BCUT2D eigenvalue weighted by atomic mass is 10.2. The highest BCUT2D eigenvalue weighted by atomic mass is 16.3. The third-order valence-corrected chi connectivity index (χ3v) is 3.01. The predicted molar refractivity (Wildman–Crippen MR) is 67.9 cm³/mol. The molecule has 1 heteroatoms. The van der Waals surface area contributed by atoms with Crippen LogP contribution in [0.15, 0.2) is 28.2 Å². The van der Waals surface area contributed by atoms with Gasteiger partial charge >= 0.3 is 0 Å². The van der Waals surface area contributed by atoms with E-state index < -0.39 is 0 Å². The second kappa shape index (κ2) is 3.67. The molecular formula is C15H14O. The Labute approximate surface area is 94.8 Å². The van der Waals surface area contributed by atoms with E-state index in [2.05, 4.69) is 49.5 Å². The molecule has 0 fully saturated rings. The van der Waals surface area contributed by atoms with Gasteiger partial charge in [0.25, 0.3) is 0 Å². The van der Waals surface area contributed by atoms with Crippen LogP contribution in [-0.2, 0) is 0 Å². The molecule has 0 spiro atoms. The lowest BCUT2D eigenvalue weighted by Crippen LogP contribution is -2.20. The SMILES string of the molecule is CC1=CC=c2c3c(oc2=CC1)C=CCC=C3. The second-order valence-electron chi connectivity index (χ2n) is 4.29. The monoisotopic (exact) mass is 210 g/mol. The van der Waals surface area contributed by atoms with Gasteiger partial charge in [-0.1, -0.05) is 36.0 Å². The van der Waals surface area contributed by atoms with Crippen molar-refractivity contribution in [1.82, 2.24) is 0 Å². The Hall–Kier alpha value is -1.76. The highest BCUT2D eigenvalue weighted by Gasteiger charge is 2.08. The normalized spacial score (nSPS) is 17.4. The topological polar surface area (TPSA) is 13.1 Å². The van der Waals surface area contributed by atoms with Crippen LogP contribution in [-0.4, -0.2) is 0 Å². The van der Waals surface area contributed by atoms with Gasteiger partial charge in [0.05, 0.1) is 0 Å². The molecule has 0 aromatic carbocycles. The van der Waals surface area contributed by atoms with Crippen molar-refractivity contribution in [3.8, 4) is 0 Å². The summed E-state index contributed by atoms with van der Waals surface area (Å²) in [4.78, 5) is 0. The summed E-state index contributed by atoms with van der Waals surface area (Å²) in [5, 5.41) is 1.22. The molecule has 0 unspecified atom stereocenters. The molecule has 80 valence electrons. The molecular weight excluding hydrogens is 196 g/mol. The van der Waals surface area contributed by atoms with Crippen molar-refractivity contribution in [1.29, 1.82) is 0 Å². The summed E-state index contributed by atoms with van der Waals surface area (Å²) < 4.78 is 5.88. The van der Waals surface area contributed by atoms with Crippen molar-refractivity contribution >= 4 is 24.3 Å². The molecule has 2 aliphatic rings. The van der Waals surface area contributed by atoms with E-state index in [0.29, 0.717) is 0 Å². The molecule has 0 saturated heterocycles. The number of rotatable bonds is 0. The van der Waals surface area contributed by atoms with Crippen LogP contribution in [0.2, 0.25) is 0 Å². The Balaban J connectivity index is 2.35. The summed E-state index contributed by atoms with van der Waals surface area (Å²) in [5.41, 5.74) is 3.59. The van der Waals surface area contributed by atoms with E-state index in [9.17, 15) is 0 Å². The molecule has 0 aliphatic heterocycles. The third kappa shape index (κ3) is 1.49. The zero-order valence-electron chi connectivity index (χ0n) is 9.36. The lowest BCUT2D eigenvalue weighted by Gasteiger charge is -1.89. The molecule has 16 heavy (non-hydrogen) atoms. The molecule has 1 aromatic heterocycles. The average Bonchev–Trinajstić information content (AvgIpc) is 2.48. The molecule has 0 radical (unpaired) electrons. The standard InChI is InChI=1S/C15H14O/c1-11-7-9-13-12-5-3-2-4-6-14(12)16-15(13)10-8-11/h3-7,9-10H,2,8H2,1H3. The van der Waals surface area contributed by atoms with Crippen molar-refractivity contribution in [2.75, 3.05) is 0 Å². The van der Waals surface area contributed by atoms with Crippen LogP contribution in [0.3, 0.4) is 0 Å². The van der Waals surface area contributed by atoms with Crippen LogP contribution >= 0.6 is 0 Å². The Morgan fingerprint density at radius 3 is 2.94 bits per heavy atom. The molecule has 3 rings (SSSR count). The largest absolute Gasteiger partial charge is 0.456 e. The Morgan fingerprint density at radius 2 is 2.00 bits per heavy atom. The van der Waals surface area contributed by atoms with E-state index in [1.807, 2.05) is 0 Å². The Bertz CT molecular complexity index is 621. The van der Waals surface area contributed by atoms with Gasteiger partial charge in [0.15, 0.2) is 0 Å². The maximum atomic E-state index is 5.88. The minimum absolute atomic E-state index is 0.976. The third-order valence-electron chi connectivity index (χ3n) is 3.01. The van der Waals surface area contributed by atoms with Gasteiger partial charge in [0, 0.05) is 10.8 Å². The first kappa shape index (κ1) is 9.46. The molecule has 1 heterocycles. The molecule has 1 aromatic rings. The fourth-order valence-electron chi connectivity index (χ4n) is 2.10. The van der Waals surface area contributed by atoms with Gasteiger partial charge in [-0.3, -0.25) is 0 Å². The molecule has 0 atom stereocenters. The van der Waals surface area contributed by atoms with Gasteiger partial charge in [-0.05, 0) is 31.9 Å². The van der Waals surface area contributed by atoms with Crippen molar-refractivity contribution < 1.29 is 4.42 Å². The summed E-state index contributed by atoms with van der Waals surface area (Å²) in [6.07, 6.45) is 17.0. The fourth-order valence-corrected chi connectivity index (χ4v) is 2.10. The van der Waals surface area contributed by atoms with E-state index in [1.54, 1.807) is 0 Å². The highest BCUT2D eigenvalue weighted by molar-refractivity contribution is 5.67. The number of hydrogen-bond acceptors (Lipinski definition) is 1. The fraction of sp³-hybridized carbons (Fsp3) is 0.200. The van der Waals surface area contributed by atoms with Gasteiger partial charge in [-0.15, -0.1) is 0 Å².